The maximum Gasteiger partial charge on any atom is 0.351 e. The molecule has 1 aromatic carbocycles. The third kappa shape index (κ3) is 4.06. The van der Waals surface area contributed by atoms with Crippen LogP contribution in [0.5, 0.6) is 5.88 Å². The molecule has 3 heterocycles. The molecule has 0 spiro atoms. The van der Waals surface area contributed by atoms with E-state index in [1.807, 2.05) is 18.2 Å². The molecule has 4 rings (SSSR count). The second-order valence-corrected chi connectivity index (χ2v) is 6.89. The quantitative estimate of drug-likeness (QED) is 0.557. The third-order valence-electron chi connectivity index (χ3n) is 5.06. The molecule has 1 aromatic heterocycles. The van der Waals surface area contributed by atoms with E-state index in [1.165, 1.54) is 0 Å². The lowest BCUT2D eigenvalue weighted by molar-refractivity contribution is -0.102. The number of hydrogen-bond donors (Lipinski definition) is 0. The Balaban J connectivity index is 1.63. The number of rotatable bonds is 6. The van der Waals surface area contributed by atoms with Crippen molar-refractivity contribution >= 4 is 12.3 Å². The number of nitrogens with zero attached hydrogens (tertiary/aromatic N) is 3. The molecule has 29 heavy (non-hydrogen) atoms. The number of aliphatic imine (C=N–C) groups is 1. The second-order valence-electron chi connectivity index (χ2n) is 6.89. The number of ether oxygens (including phenoxy) is 3. The minimum atomic E-state index is -0.310. The highest BCUT2D eigenvalue weighted by molar-refractivity contribution is 5.77. The van der Waals surface area contributed by atoms with Gasteiger partial charge in [0.25, 0.3) is 0 Å². The predicted octanol–water partition coefficient (Wildman–Crippen LogP) is 2.49. The van der Waals surface area contributed by atoms with Crippen LogP contribution in [0, 0.1) is 0 Å². The standard InChI is InChI=1S/C22H23N3O4/c1-3-15(12-23-2)16-4-5-19-17(10-16)6-7-25-20(19)11-21(24-22(25)26)29-14-18-13-27-8-9-28-18/h3-5,10-12,18H,1-2,6-9,13-14H2/b15-12+. The molecule has 0 radical (unpaired) electrons. The van der Waals surface area contributed by atoms with Crippen LogP contribution >= 0.6 is 0 Å². The van der Waals surface area contributed by atoms with E-state index in [4.69, 9.17) is 14.2 Å². The van der Waals surface area contributed by atoms with E-state index in [2.05, 4.69) is 29.3 Å². The van der Waals surface area contributed by atoms with Crippen molar-refractivity contribution in [2.24, 2.45) is 4.99 Å². The van der Waals surface area contributed by atoms with Gasteiger partial charge in [0, 0.05) is 24.4 Å². The van der Waals surface area contributed by atoms with E-state index in [0.717, 1.165) is 34.4 Å². The first-order valence-electron chi connectivity index (χ1n) is 9.55. The molecule has 0 bridgehead atoms. The van der Waals surface area contributed by atoms with E-state index in [1.54, 1.807) is 16.8 Å². The molecule has 0 saturated carbocycles. The zero-order chi connectivity index (χ0) is 20.2. The fourth-order valence-corrected chi connectivity index (χ4v) is 3.61. The molecule has 150 valence electrons. The van der Waals surface area contributed by atoms with Crippen molar-refractivity contribution in [3.63, 3.8) is 0 Å². The van der Waals surface area contributed by atoms with Gasteiger partial charge in [-0.1, -0.05) is 30.9 Å². The van der Waals surface area contributed by atoms with Gasteiger partial charge < -0.3 is 14.2 Å². The largest absolute Gasteiger partial charge is 0.475 e. The predicted molar refractivity (Wildman–Crippen MR) is 111 cm³/mol. The molecule has 1 unspecified atom stereocenters. The molecular weight excluding hydrogens is 370 g/mol. The van der Waals surface area contributed by atoms with Crippen LogP contribution < -0.4 is 10.4 Å². The SMILES string of the molecule is C=C/C(=C\N=C)c1ccc2c(c1)CCn1c-2cc(OCC2COCCO2)nc1=O. The van der Waals surface area contributed by atoms with Gasteiger partial charge >= 0.3 is 5.69 Å². The average molecular weight is 393 g/mol. The summed E-state index contributed by atoms with van der Waals surface area (Å²) in [5.74, 6) is 0.301. The van der Waals surface area contributed by atoms with Crippen molar-refractivity contribution in [1.82, 2.24) is 9.55 Å². The maximum absolute atomic E-state index is 12.5. The van der Waals surface area contributed by atoms with E-state index < -0.39 is 0 Å². The van der Waals surface area contributed by atoms with E-state index in [0.29, 0.717) is 38.9 Å². The van der Waals surface area contributed by atoms with Gasteiger partial charge in [-0.2, -0.15) is 4.98 Å². The lowest BCUT2D eigenvalue weighted by Gasteiger charge is -2.24. The molecule has 2 aromatic rings. The number of aromatic nitrogens is 2. The van der Waals surface area contributed by atoms with E-state index in [9.17, 15) is 4.79 Å². The van der Waals surface area contributed by atoms with Crippen molar-refractivity contribution in [3.05, 3.63) is 64.7 Å². The Morgan fingerprint density at radius 3 is 3.03 bits per heavy atom. The van der Waals surface area contributed by atoms with Gasteiger partial charge in [0.2, 0.25) is 5.88 Å². The molecular formula is C22H23N3O4. The highest BCUT2D eigenvalue weighted by Gasteiger charge is 2.21. The van der Waals surface area contributed by atoms with Crippen molar-refractivity contribution < 1.29 is 14.2 Å². The monoisotopic (exact) mass is 393 g/mol. The first-order valence-corrected chi connectivity index (χ1v) is 9.55. The number of benzene rings is 1. The van der Waals surface area contributed by atoms with Crippen LogP contribution in [-0.2, 0) is 22.4 Å². The average Bonchev–Trinajstić information content (AvgIpc) is 2.76. The summed E-state index contributed by atoms with van der Waals surface area (Å²) < 4.78 is 18.4. The van der Waals surface area contributed by atoms with Crippen molar-refractivity contribution in [2.75, 3.05) is 26.4 Å². The molecule has 0 amide bonds. The normalized spacial score (nSPS) is 18.5. The van der Waals surface area contributed by atoms with Gasteiger partial charge in [-0.3, -0.25) is 9.56 Å². The van der Waals surface area contributed by atoms with Crippen molar-refractivity contribution in [1.29, 1.82) is 0 Å². The number of fused-ring (bicyclic) bond motifs is 3. The maximum atomic E-state index is 12.5. The fraction of sp³-hybridized carbons (Fsp3) is 0.318. The summed E-state index contributed by atoms with van der Waals surface area (Å²) in [5, 5.41) is 0. The lowest BCUT2D eigenvalue weighted by atomic mass is 9.93. The van der Waals surface area contributed by atoms with Gasteiger partial charge in [-0.25, -0.2) is 4.79 Å². The van der Waals surface area contributed by atoms with Crippen LogP contribution in [0.25, 0.3) is 16.8 Å². The summed E-state index contributed by atoms with van der Waals surface area (Å²) in [6, 6.07) is 7.93. The summed E-state index contributed by atoms with van der Waals surface area (Å²) in [5.41, 5.74) is 4.56. The molecule has 0 aliphatic carbocycles. The Kier molecular flexibility index (Phi) is 5.69. The molecule has 2 aliphatic heterocycles. The topological polar surface area (TPSA) is 74.9 Å². The highest BCUT2D eigenvalue weighted by Crippen LogP contribution is 2.32. The molecule has 0 N–H and O–H groups in total. The first-order chi connectivity index (χ1) is 14.2. The Hall–Kier alpha value is -3.03. The lowest BCUT2D eigenvalue weighted by Crippen LogP contribution is -2.34. The third-order valence-corrected chi connectivity index (χ3v) is 5.06. The Morgan fingerprint density at radius 1 is 1.38 bits per heavy atom. The zero-order valence-corrected chi connectivity index (χ0v) is 16.2. The summed E-state index contributed by atoms with van der Waals surface area (Å²) in [6.45, 7) is 9.85. The Bertz CT molecular complexity index is 1020. The second kappa shape index (κ2) is 8.55. The van der Waals surface area contributed by atoms with E-state index >= 15 is 0 Å². The molecule has 1 fully saturated rings. The summed E-state index contributed by atoms with van der Waals surface area (Å²) in [4.78, 5) is 20.4. The molecule has 1 atom stereocenters. The van der Waals surface area contributed by atoms with Gasteiger partial charge in [0.15, 0.2) is 0 Å². The van der Waals surface area contributed by atoms with Crippen molar-refractivity contribution in [2.45, 2.75) is 19.1 Å². The minimum absolute atomic E-state index is 0.151. The van der Waals surface area contributed by atoms with Crippen molar-refractivity contribution in [3.8, 4) is 17.1 Å². The first kappa shape index (κ1) is 19.3. The van der Waals surface area contributed by atoms with Gasteiger partial charge in [-0.05, 0) is 29.8 Å². The number of hydrogen-bond acceptors (Lipinski definition) is 6. The van der Waals surface area contributed by atoms with Crippen LogP contribution in [0.15, 0.2) is 52.9 Å². The van der Waals surface area contributed by atoms with Crippen LogP contribution in [-0.4, -0.2) is 48.8 Å². The van der Waals surface area contributed by atoms with Gasteiger partial charge in [0.05, 0.1) is 25.5 Å². The smallest absolute Gasteiger partial charge is 0.351 e. The fourth-order valence-electron chi connectivity index (χ4n) is 3.61. The van der Waals surface area contributed by atoms with Crippen LogP contribution in [0.2, 0.25) is 0 Å². The highest BCUT2D eigenvalue weighted by atomic mass is 16.6. The van der Waals surface area contributed by atoms with E-state index in [-0.39, 0.29) is 11.8 Å². The number of allylic oxidation sites excluding steroid dienone is 2. The van der Waals surface area contributed by atoms with Crippen LogP contribution in [0.1, 0.15) is 11.1 Å². The molecule has 1 saturated heterocycles. The Morgan fingerprint density at radius 2 is 2.28 bits per heavy atom. The van der Waals surface area contributed by atoms with Crippen LogP contribution in [0.4, 0.5) is 0 Å². The van der Waals surface area contributed by atoms with Gasteiger partial charge in [-0.15, -0.1) is 0 Å². The zero-order valence-electron chi connectivity index (χ0n) is 16.2. The minimum Gasteiger partial charge on any atom is -0.475 e. The van der Waals surface area contributed by atoms with Crippen LogP contribution in [0.3, 0.4) is 0 Å². The van der Waals surface area contributed by atoms with Gasteiger partial charge in [0.1, 0.15) is 12.7 Å². The summed E-state index contributed by atoms with van der Waals surface area (Å²) in [6.07, 6.45) is 4.03. The molecule has 7 heteroatoms. The summed E-state index contributed by atoms with van der Waals surface area (Å²) >= 11 is 0. The molecule has 2 aliphatic rings. The Labute approximate surface area is 169 Å². The summed E-state index contributed by atoms with van der Waals surface area (Å²) in [7, 11) is 0. The number of aryl methyl sites for hydroxylation is 1. The molecule has 7 nitrogen and oxygen atoms in total.